The summed E-state index contributed by atoms with van der Waals surface area (Å²) in [5.74, 6) is -1.38. The van der Waals surface area contributed by atoms with E-state index in [-0.39, 0.29) is 53.3 Å². The van der Waals surface area contributed by atoms with Crippen LogP contribution in [0.25, 0.3) is 0 Å². The van der Waals surface area contributed by atoms with Crippen LogP contribution in [0.5, 0.6) is 0 Å². The minimum atomic E-state index is -4.09. The van der Waals surface area contributed by atoms with E-state index in [9.17, 15) is 13.5 Å². The molecule has 0 saturated heterocycles. The van der Waals surface area contributed by atoms with E-state index in [1.165, 1.54) is 24.3 Å². The molecule has 0 atom stereocenters. The first-order valence-corrected chi connectivity index (χ1v) is 4.75. The van der Waals surface area contributed by atoms with Gasteiger partial charge in [0, 0.05) is 0 Å². The minimum Gasteiger partial charge on any atom is -0.884 e. The van der Waals surface area contributed by atoms with E-state index >= 15 is 0 Å². The minimum absolute atomic E-state index is 0. The zero-order chi connectivity index (χ0) is 11.5. The summed E-state index contributed by atoms with van der Waals surface area (Å²) >= 11 is 0. The molecule has 0 bridgehead atoms. The number of benzene rings is 1. The van der Waals surface area contributed by atoms with Crippen LogP contribution in [0.3, 0.4) is 0 Å². The standard InChI is InChI=1S/C8H8NO3S.Li.Na/c1-7(10)9-13(11,12)8-5-3-2-4-6-8;;/h2-6H,1H2,(H,9,10);;/q-1;2*+1/p-1/i1D2;;. The van der Waals surface area contributed by atoms with Crippen LogP contribution >= 0.6 is 0 Å². The zero-order valence-electron chi connectivity index (χ0n) is 10.5. The van der Waals surface area contributed by atoms with Crippen molar-refractivity contribution in [3.8, 4) is 0 Å². The Morgan fingerprint density at radius 2 is 1.93 bits per heavy atom. The molecule has 70 valence electrons. The van der Waals surface area contributed by atoms with Crippen LogP contribution in [0.2, 0.25) is 0 Å². The van der Waals surface area contributed by atoms with Crippen molar-refractivity contribution in [3.05, 3.63) is 37.2 Å². The van der Waals surface area contributed by atoms with Gasteiger partial charge < -0.3 is 12.0 Å². The zero-order valence-corrected chi connectivity index (χ0v) is 11.3. The van der Waals surface area contributed by atoms with Gasteiger partial charge in [0.1, 0.15) is 0 Å². The molecule has 0 amide bonds. The molecule has 1 aromatic rings. The first-order chi connectivity index (χ1) is 6.93. The molecule has 0 aliphatic rings. The molecule has 0 aliphatic heterocycles. The van der Waals surface area contributed by atoms with Gasteiger partial charge in [-0.25, -0.2) is 4.40 Å². The Kier molecular flexibility index (Phi) is 6.49. The molecule has 0 aliphatic carbocycles. The van der Waals surface area contributed by atoms with Crippen molar-refractivity contribution >= 4 is 15.9 Å². The summed E-state index contributed by atoms with van der Waals surface area (Å²) in [5.41, 5.74) is 0. The first-order valence-electron chi connectivity index (χ1n) is 4.31. The van der Waals surface area contributed by atoms with Crippen LogP contribution < -0.4 is 53.5 Å². The monoisotopic (exact) mass is 229 g/mol. The van der Waals surface area contributed by atoms with Gasteiger partial charge in [-0.3, -0.25) is 0 Å². The summed E-state index contributed by atoms with van der Waals surface area (Å²) in [7, 11) is -4.09. The van der Waals surface area contributed by atoms with Gasteiger partial charge >= 0.3 is 48.4 Å². The topological polar surface area (TPSA) is 69.6 Å². The quantitative estimate of drug-likeness (QED) is 0.224. The normalized spacial score (nSPS) is 12.7. The Morgan fingerprint density at radius 3 is 2.40 bits per heavy atom. The van der Waals surface area contributed by atoms with Crippen LogP contribution in [0.4, 0.5) is 0 Å². The molecule has 0 N–H and O–H groups in total. The fourth-order valence-electron chi connectivity index (χ4n) is 0.754. The van der Waals surface area contributed by atoms with Gasteiger partial charge in [-0.05, 0) is 12.1 Å². The van der Waals surface area contributed by atoms with Crippen LogP contribution in [0.1, 0.15) is 2.74 Å². The van der Waals surface area contributed by atoms with Crippen LogP contribution in [0, 0.1) is 6.88 Å². The number of hydrogen-bond acceptors (Lipinski definition) is 3. The first kappa shape index (κ1) is 13.2. The van der Waals surface area contributed by atoms with E-state index in [2.05, 4.69) is 4.40 Å². The van der Waals surface area contributed by atoms with E-state index in [0.717, 1.165) is 0 Å². The molecule has 1 rings (SSSR count). The molecule has 7 heteroatoms. The maximum absolute atomic E-state index is 11.4. The van der Waals surface area contributed by atoms with Gasteiger partial charge in [0.05, 0.1) is 4.90 Å². The van der Waals surface area contributed by atoms with Gasteiger partial charge in [0.25, 0.3) is 10.0 Å². The number of nitrogens with zero attached hydrogens (tertiary/aromatic N) is 1. The molecule has 1 aromatic carbocycles. The van der Waals surface area contributed by atoms with Gasteiger partial charge in [-0.2, -0.15) is 17.1 Å². The number of hydrogen-bond donors (Lipinski definition) is 0. The van der Waals surface area contributed by atoms with Crippen molar-refractivity contribution in [3.63, 3.8) is 0 Å². The van der Waals surface area contributed by atoms with Crippen molar-refractivity contribution in [2.24, 2.45) is 4.40 Å². The Balaban J connectivity index is 0. The summed E-state index contributed by atoms with van der Waals surface area (Å²) < 4.78 is 38.8. The van der Waals surface area contributed by atoms with Gasteiger partial charge in [-0.1, -0.05) is 18.2 Å². The molecule has 0 fully saturated rings. The Hall–Kier alpha value is 0.107. The van der Waals surface area contributed by atoms with Crippen molar-refractivity contribution in [2.45, 2.75) is 4.90 Å². The van der Waals surface area contributed by atoms with Crippen molar-refractivity contribution in [1.29, 1.82) is 0 Å². The fraction of sp³-hybridized carbons (Fsp3) is 0. The van der Waals surface area contributed by atoms with Crippen LogP contribution in [-0.4, -0.2) is 14.3 Å². The van der Waals surface area contributed by atoms with Gasteiger partial charge in [0.2, 0.25) is 0 Å². The maximum atomic E-state index is 11.4. The molecule has 0 spiro atoms. The predicted octanol–water partition coefficient (Wildman–Crippen LogP) is -6.02. The summed E-state index contributed by atoms with van der Waals surface area (Å²) in [5, 5.41) is 10.8. The van der Waals surface area contributed by atoms with Crippen molar-refractivity contribution in [1.82, 2.24) is 0 Å². The SMILES string of the molecule is [2H][C-]([2H])/C([O-])=N/S(=O)(=O)c1ccccc1.[Li+].[Na+]. The summed E-state index contributed by atoms with van der Waals surface area (Å²) in [6.07, 6.45) is 0. The molecule has 0 aromatic heterocycles. The summed E-state index contributed by atoms with van der Waals surface area (Å²) in [6.45, 7) is -1.16. The Labute approximate surface area is 126 Å². The van der Waals surface area contributed by atoms with E-state index in [1.54, 1.807) is 6.07 Å². The number of sulfonamides is 1. The summed E-state index contributed by atoms with van der Waals surface area (Å²) in [4.78, 5) is -0.139. The van der Waals surface area contributed by atoms with Crippen LogP contribution in [-0.2, 0) is 10.0 Å². The number of rotatable bonds is 3. The van der Waals surface area contributed by atoms with E-state index in [4.69, 9.17) is 2.74 Å². The maximum Gasteiger partial charge on any atom is 1.00 e. The van der Waals surface area contributed by atoms with Gasteiger partial charge in [-0.15, -0.1) is 0 Å². The van der Waals surface area contributed by atoms with E-state index < -0.39 is 22.8 Å². The van der Waals surface area contributed by atoms with Crippen LogP contribution in [0.15, 0.2) is 39.6 Å². The van der Waals surface area contributed by atoms with Crippen molar-refractivity contribution < 1.29 is 64.7 Å². The molecule has 15 heavy (non-hydrogen) atoms. The molecule has 0 heterocycles. The molecular weight excluding hydrogens is 220 g/mol. The molecular formula is C8H7LiNNaO3S. The molecule has 4 nitrogen and oxygen atoms in total. The van der Waals surface area contributed by atoms with Crippen molar-refractivity contribution in [2.75, 3.05) is 0 Å². The predicted molar refractivity (Wildman–Crippen MR) is 46.4 cm³/mol. The smallest absolute Gasteiger partial charge is 0.884 e. The second-order valence-corrected chi connectivity index (χ2v) is 3.79. The second kappa shape index (κ2) is 7.39. The third kappa shape index (κ3) is 5.66. The van der Waals surface area contributed by atoms with E-state index in [0.29, 0.717) is 0 Å². The third-order valence-electron chi connectivity index (χ3n) is 1.24. The largest absolute Gasteiger partial charge is 1.00 e. The average Bonchev–Trinajstić information content (AvgIpc) is 2.18. The Bertz CT molecular complexity index is 467. The molecule has 0 saturated carbocycles. The second-order valence-electron chi connectivity index (χ2n) is 2.18. The average molecular weight is 229 g/mol. The third-order valence-corrected chi connectivity index (χ3v) is 2.52. The fourth-order valence-corrected chi connectivity index (χ4v) is 1.58. The molecule has 0 radical (unpaired) electrons. The summed E-state index contributed by atoms with van der Waals surface area (Å²) in [6, 6.07) is 7.14. The Morgan fingerprint density at radius 1 is 1.40 bits per heavy atom. The molecule has 0 unspecified atom stereocenters. The van der Waals surface area contributed by atoms with E-state index in [1.807, 2.05) is 0 Å². The van der Waals surface area contributed by atoms with Gasteiger partial charge in [0.15, 0.2) is 0 Å².